The molecule has 1 amide bonds. The lowest BCUT2D eigenvalue weighted by Crippen LogP contribution is -2.27. The zero-order valence-electron chi connectivity index (χ0n) is 10.3. The van der Waals surface area contributed by atoms with Gasteiger partial charge >= 0.3 is 0 Å². The Morgan fingerprint density at radius 2 is 2.32 bits per heavy atom. The number of hydrogen-bond acceptors (Lipinski definition) is 4. The molecule has 1 heterocycles. The molecule has 4 nitrogen and oxygen atoms in total. The van der Waals surface area contributed by atoms with Gasteiger partial charge in [-0.15, -0.1) is 0 Å². The van der Waals surface area contributed by atoms with E-state index in [0.717, 1.165) is 28.2 Å². The number of carbonyl (C=O) groups excluding carboxylic acids is 1. The molecule has 1 fully saturated rings. The van der Waals surface area contributed by atoms with Crippen LogP contribution in [0.5, 0.6) is 0 Å². The van der Waals surface area contributed by atoms with Crippen molar-refractivity contribution in [3.8, 4) is 0 Å². The van der Waals surface area contributed by atoms with Gasteiger partial charge in [-0.2, -0.15) is 0 Å². The molecule has 100 valence electrons. The highest BCUT2D eigenvalue weighted by molar-refractivity contribution is 7.22. The Bertz CT molecular complexity index is 609. The van der Waals surface area contributed by atoms with Crippen molar-refractivity contribution < 1.29 is 4.79 Å². The maximum Gasteiger partial charge on any atom is 0.221 e. The average Bonchev–Trinajstić information content (AvgIpc) is 3.07. The molecule has 0 atom stereocenters. The lowest BCUT2D eigenvalue weighted by molar-refractivity contribution is -0.120. The Morgan fingerprint density at radius 1 is 1.47 bits per heavy atom. The molecule has 0 aliphatic heterocycles. The van der Waals surface area contributed by atoms with Crippen molar-refractivity contribution >= 4 is 44.2 Å². The zero-order chi connectivity index (χ0) is 13.2. The molecule has 0 bridgehead atoms. The quantitative estimate of drug-likeness (QED) is 0.891. The van der Waals surface area contributed by atoms with Gasteiger partial charge in [0.2, 0.25) is 5.91 Å². The first kappa shape index (κ1) is 12.7. The second-order valence-corrected chi connectivity index (χ2v) is 6.12. The summed E-state index contributed by atoms with van der Waals surface area (Å²) in [6.45, 7) is 0.603. The normalized spacial score (nSPS) is 14.6. The fourth-order valence-corrected chi connectivity index (χ4v) is 2.95. The molecule has 1 aromatic heterocycles. The second-order valence-electron chi connectivity index (χ2n) is 4.65. The minimum atomic E-state index is 0.110. The second kappa shape index (κ2) is 5.35. The van der Waals surface area contributed by atoms with Gasteiger partial charge in [-0.1, -0.05) is 22.9 Å². The van der Waals surface area contributed by atoms with Crippen LogP contribution in [-0.2, 0) is 4.79 Å². The van der Waals surface area contributed by atoms with E-state index < -0.39 is 0 Å². The lowest BCUT2D eigenvalue weighted by atomic mass is 10.3. The van der Waals surface area contributed by atoms with E-state index in [4.69, 9.17) is 11.6 Å². The number of halogens is 1. The number of nitrogens with one attached hydrogen (secondary N) is 2. The van der Waals surface area contributed by atoms with Gasteiger partial charge in [-0.25, -0.2) is 4.98 Å². The molecule has 1 saturated carbocycles. The van der Waals surface area contributed by atoms with E-state index in [-0.39, 0.29) is 5.91 Å². The molecular formula is C13H14ClN3OS. The Hall–Kier alpha value is -1.33. The van der Waals surface area contributed by atoms with Gasteiger partial charge in [0.15, 0.2) is 5.13 Å². The van der Waals surface area contributed by atoms with E-state index in [9.17, 15) is 4.79 Å². The lowest BCUT2D eigenvalue weighted by Gasteiger charge is -2.03. The van der Waals surface area contributed by atoms with Crippen molar-refractivity contribution in [3.63, 3.8) is 0 Å². The van der Waals surface area contributed by atoms with E-state index >= 15 is 0 Å². The third-order valence-electron chi connectivity index (χ3n) is 2.92. The maximum absolute atomic E-state index is 11.5. The number of hydrogen-bond donors (Lipinski definition) is 2. The minimum Gasteiger partial charge on any atom is -0.361 e. The number of carbonyl (C=O) groups is 1. The minimum absolute atomic E-state index is 0.110. The van der Waals surface area contributed by atoms with Crippen molar-refractivity contribution in [3.05, 3.63) is 23.2 Å². The molecule has 19 heavy (non-hydrogen) atoms. The molecule has 2 N–H and O–H groups in total. The van der Waals surface area contributed by atoms with Crippen molar-refractivity contribution in [2.45, 2.75) is 25.3 Å². The molecule has 0 spiro atoms. The first-order valence-electron chi connectivity index (χ1n) is 6.30. The predicted molar refractivity (Wildman–Crippen MR) is 78.9 cm³/mol. The third kappa shape index (κ3) is 3.36. The Balaban J connectivity index is 1.54. The summed E-state index contributed by atoms with van der Waals surface area (Å²) < 4.78 is 1.05. The van der Waals surface area contributed by atoms with Crippen LogP contribution >= 0.6 is 22.9 Å². The molecule has 1 aromatic carbocycles. The van der Waals surface area contributed by atoms with Gasteiger partial charge in [0.25, 0.3) is 0 Å². The van der Waals surface area contributed by atoms with Crippen molar-refractivity contribution in [2.24, 2.45) is 0 Å². The summed E-state index contributed by atoms with van der Waals surface area (Å²) in [7, 11) is 0. The summed E-state index contributed by atoms with van der Waals surface area (Å²) >= 11 is 7.48. The van der Waals surface area contributed by atoms with E-state index in [0.29, 0.717) is 24.0 Å². The number of benzene rings is 1. The van der Waals surface area contributed by atoms with Crippen LogP contribution in [0.25, 0.3) is 10.2 Å². The molecule has 6 heteroatoms. The SMILES string of the molecule is O=C(CCNc1nc2ccc(Cl)cc2s1)NC1CC1. The molecule has 0 radical (unpaired) electrons. The number of nitrogens with zero attached hydrogens (tertiary/aromatic N) is 1. The molecule has 1 aliphatic carbocycles. The third-order valence-corrected chi connectivity index (χ3v) is 4.13. The Morgan fingerprint density at radius 3 is 3.11 bits per heavy atom. The molecule has 2 aromatic rings. The molecule has 3 rings (SSSR count). The highest BCUT2D eigenvalue weighted by Crippen LogP contribution is 2.28. The van der Waals surface area contributed by atoms with Crippen LogP contribution in [0, 0.1) is 0 Å². The Labute approximate surface area is 120 Å². The van der Waals surface area contributed by atoms with Gasteiger partial charge in [0.1, 0.15) is 0 Å². The van der Waals surface area contributed by atoms with Gasteiger partial charge < -0.3 is 10.6 Å². The van der Waals surface area contributed by atoms with Crippen molar-refractivity contribution in [1.29, 1.82) is 0 Å². The van der Waals surface area contributed by atoms with E-state index in [1.165, 1.54) is 0 Å². The van der Waals surface area contributed by atoms with Crippen LogP contribution in [-0.4, -0.2) is 23.5 Å². The fraction of sp³-hybridized carbons (Fsp3) is 0.385. The van der Waals surface area contributed by atoms with Crippen LogP contribution in [0.3, 0.4) is 0 Å². The molecule has 1 aliphatic rings. The number of rotatable bonds is 5. The summed E-state index contributed by atoms with van der Waals surface area (Å²) in [6.07, 6.45) is 2.72. The van der Waals surface area contributed by atoms with E-state index in [1.54, 1.807) is 11.3 Å². The van der Waals surface area contributed by atoms with Gasteiger partial charge in [-0.3, -0.25) is 4.79 Å². The molecule has 0 saturated heterocycles. The first-order chi connectivity index (χ1) is 9.20. The van der Waals surface area contributed by atoms with Crippen molar-refractivity contribution in [2.75, 3.05) is 11.9 Å². The highest BCUT2D eigenvalue weighted by atomic mass is 35.5. The maximum atomic E-state index is 11.5. The summed E-state index contributed by atoms with van der Waals surface area (Å²) in [6, 6.07) is 6.06. The number of anilines is 1. The van der Waals surface area contributed by atoms with Crippen molar-refractivity contribution in [1.82, 2.24) is 10.3 Å². The first-order valence-corrected chi connectivity index (χ1v) is 7.49. The molecular weight excluding hydrogens is 282 g/mol. The monoisotopic (exact) mass is 295 g/mol. The number of fused-ring (bicyclic) bond motifs is 1. The number of aromatic nitrogens is 1. The summed E-state index contributed by atoms with van der Waals surface area (Å²) in [5.74, 6) is 0.110. The van der Waals surface area contributed by atoms with Crippen LogP contribution in [0.4, 0.5) is 5.13 Å². The largest absolute Gasteiger partial charge is 0.361 e. The summed E-state index contributed by atoms with van der Waals surface area (Å²) in [4.78, 5) is 16.0. The Kier molecular flexibility index (Phi) is 3.57. The van der Waals surface area contributed by atoms with E-state index in [1.807, 2.05) is 18.2 Å². The number of amides is 1. The molecule has 0 unspecified atom stereocenters. The van der Waals surface area contributed by atoms with E-state index in [2.05, 4.69) is 15.6 Å². The van der Waals surface area contributed by atoms with Gasteiger partial charge in [0.05, 0.1) is 10.2 Å². The smallest absolute Gasteiger partial charge is 0.221 e. The average molecular weight is 296 g/mol. The van der Waals surface area contributed by atoms with Crippen LogP contribution in [0.15, 0.2) is 18.2 Å². The van der Waals surface area contributed by atoms with Crippen LogP contribution in [0.1, 0.15) is 19.3 Å². The standard InChI is InChI=1S/C13H14ClN3OS/c14-8-1-4-10-11(7-8)19-13(17-10)15-6-5-12(18)16-9-2-3-9/h1,4,7,9H,2-3,5-6H2,(H,15,17)(H,16,18). The zero-order valence-corrected chi connectivity index (χ0v) is 11.9. The summed E-state index contributed by atoms with van der Waals surface area (Å²) in [5, 5.41) is 7.69. The van der Waals surface area contributed by atoms with Gasteiger partial charge in [0, 0.05) is 24.0 Å². The van der Waals surface area contributed by atoms with Gasteiger partial charge in [-0.05, 0) is 31.0 Å². The fourth-order valence-electron chi connectivity index (χ4n) is 1.78. The highest BCUT2D eigenvalue weighted by Gasteiger charge is 2.22. The number of thiazole rings is 1. The predicted octanol–water partition coefficient (Wildman–Crippen LogP) is 3.03. The van der Waals surface area contributed by atoms with Crippen LogP contribution < -0.4 is 10.6 Å². The van der Waals surface area contributed by atoms with Crippen LogP contribution in [0.2, 0.25) is 5.02 Å². The summed E-state index contributed by atoms with van der Waals surface area (Å²) in [5.41, 5.74) is 0.930. The topological polar surface area (TPSA) is 54.0 Å².